The van der Waals surface area contributed by atoms with Crippen LogP contribution in [-0.2, 0) is 0 Å². The molecule has 0 N–H and O–H groups in total. The molecule has 0 bridgehead atoms. The number of unbranched alkanes of at least 4 members (excludes halogenated alkanes) is 4. The van der Waals surface area contributed by atoms with Gasteiger partial charge in [0.2, 0.25) is 0 Å². The van der Waals surface area contributed by atoms with Crippen LogP contribution in [0.2, 0.25) is 0 Å². The van der Waals surface area contributed by atoms with Crippen molar-refractivity contribution < 1.29 is 4.39 Å². The van der Waals surface area contributed by atoms with Gasteiger partial charge in [-0.25, -0.2) is 0 Å². The molecule has 2 rings (SSSR count). The summed E-state index contributed by atoms with van der Waals surface area (Å²) in [7, 11) is 0. The van der Waals surface area contributed by atoms with Gasteiger partial charge in [0.05, 0.1) is 0 Å². The first-order chi connectivity index (χ1) is 12.7. The Hall–Kier alpha value is -1.10. The van der Waals surface area contributed by atoms with Crippen molar-refractivity contribution >= 4 is 0 Å². The zero-order valence-corrected chi connectivity index (χ0v) is 16.8. The second kappa shape index (κ2) is 12.3. The van der Waals surface area contributed by atoms with E-state index in [4.69, 9.17) is 5.26 Å². The lowest BCUT2D eigenvalue weighted by Gasteiger charge is -2.28. The van der Waals surface area contributed by atoms with Crippen LogP contribution in [-0.4, -0.2) is 0 Å². The lowest BCUT2D eigenvalue weighted by molar-refractivity contribution is 0.286. The molecule has 0 aromatic carbocycles. The summed E-state index contributed by atoms with van der Waals surface area (Å²) in [6.45, 7) is 2.28. The van der Waals surface area contributed by atoms with Gasteiger partial charge in [0.25, 0.3) is 0 Å². The van der Waals surface area contributed by atoms with Crippen molar-refractivity contribution in [2.45, 2.75) is 96.8 Å². The van der Waals surface area contributed by atoms with Crippen LogP contribution in [0.4, 0.5) is 4.39 Å². The van der Waals surface area contributed by atoms with Gasteiger partial charge in [0.15, 0.2) is 5.83 Å². The number of hydrogen-bond acceptors (Lipinski definition) is 1. The SMILES string of the molecule is CCCCCCCC1CCC(C=CC2CCC(C=C(F)C#N)CC2)CC1. The van der Waals surface area contributed by atoms with Crippen molar-refractivity contribution in [1.29, 1.82) is 5.26 Å². The van der Waals surface area contributed by atoms with Crippen LogP contribution in [0.5, 0.6) is 0 Å². The molecule has 0 amide bonds. The third-order valence-electron chi connectivity index (χ3n) is 6.57. The summed E-state index contributed by atoms with van der Waals surface area (Å²) in [5.41, 5.74) is 0. The molecule has 2 saturated carbocycles. The number of hydrogen-bond donors (Lipinski definition) is 0. The molecule has 0 radical (unpaired) electrons. The van der Waals surface area contributed by atoms with E-state index in [0.717, 1.165) is 37.5 Å². The van der Waals surface area contributed by atoms with Gasteiger partial charge >= 0.3 is 0 Å². The lowest BCUT2D eigenvalue weighted by atomic mass is 9.78. The van der Waals surface area contributed by atoms with Gasteiger partial charge in [-0.05, 0) is 81.1 Å². The minimum Gasteiger partial charge on any atom is -0.195 e. The molecule has 1 nitrogen and oxygen atoms in total. The van der Waals surface area contributed by atoms with Crippen LogP contribution in [0.25, 0.3) is 0 Å². The Morgan fingerprint density at radius 1 is 0.846 bits per heavy atom. The van der Waals surface area contributed by atoms with E-state index in [0.29, 0.717) is 5.92 Å². The van der Waals surface area contributed by atoms with Crippen molar-refractivity contribution in [3.8, 4) is 6.07 Å². The Kier molecular flexibility index (Phi) is 10.0. The molecule has 0 unspecified atom stereocenters. The van der Waals surface area contributed by atoms with Crippen LogP contribution in [0.15, 0.2) is 24.1 Å². The van der Waals surface area contributed by atoms with Gasteiger partial charge in [-0.3, -0.25) is 0 Å². The summed E-state index contributed by atoms with van der Waals surface area (Å²) in [5, 5.41) is 8.54. The fourth-order valence-electron chi connectivity index (χ4n) is 4.77. The Morgan fingerprint density at radius 3 is 1.96 bits per heavy atom. The predicted molar refractivity (Wildman–Crippen MR) is 108 cm³/mol. The van der Waals surface area contributed by atoms with E-state index in [1.165, 1.54) is 70.3 Å². The second-order valence-corrected chi connectivity index (χ2v) is 8.67. The Labute approximate surface area is 160 Å². The molecule has 146 valence electrons. The molecule has 26 heavy (non-hydrogen) atoms. The van der Waals surface area contributed by atoms with E-state index in [-0.39, 0.29) is 5.92 Å². The molecule has 0 aromatic rings. The minimum atomic E-state index is -0.605. The summed E-state index contributed by atoms with van der Waals surface area (Å²) in [4.78, 5) is 0. The third kappa shape index (κ3) is 8.07. The number of allylic oxidation sites excluding steroid dienone is 4. The van der Waals surface area contributed by atoms with Crippen LogP contribution < -0.4 is 0 Å². The summed E-state index contributed by atoms with van der Waals surface area (Å²) in [6, 6.07) is 1.60. The molecule has 0 aromatic heterocycles. The predicted octanol–water partition coefficient (Wildman–Crippen LogP) is 7.89. The van der Waals surface area contributed by atoms with Gasteiger partial charge in [0, 0.05) is 0 Å². The third-order valence-corrected chi connectivity index (χ3v) is 6.57. The standard InChI is InChI=1S/C24H38FN/c1-2-3-4-5-6-7-20-8-10-21(11-9-20)12-13-22-14-16-23(17-15-22)18-24(25)19-26/h12-13,18,20-23H,2-11,14-17H2,1H3. The van der Waals surface area contributed by atoms with Gasteiger partial charge in [-0.1, -0.05) is 57.6 Å². The van der Waals surface area contributed by atoms with E-state index in [9.17, 15) is 4.39 Å². The average molecular weight is 360 g/mol. The van der Waals surface area contributed by atoms with Crippen LogP contribution in [0, 0.1) is 35.0 Å². The Bertz CT molecular complexity index is 471. The Balaban J connectivity index is 1.59. The highest BCUT2D eigenvalue weighted by Crippen LogP contribution is 2.35. The second-order valence-electron chi connectivity index (χ2n) is 8.67. The zero-order chi connectivity index (χ0) is 18.6. The molecule has 2 aliphatic carbocycles. The molecule has 2 heteroatoms. The molecular formula is C24H38FN. The maximum Gasteiger partial charge on any atom is 0.196 e. The molecule has 0 heterocycles. The summed E-state index contributed by atoms with van der Waals surface area (Å²) >= 11 is 0. The van der Waals surface area contributed by atoms with E-state index >= 15 is 0 Å². The average Bonchev–Trinajstić information content (AvgIpc) is 2.68. The summed E-state index contributed by atoms with van der Waals surface area (Å²) in [5.74, 6) is 2.11. The smallest absolute Gasteiger partial charge is 0.195 e. The highest BCUT2D eigenvalue weighted by molar-refractivity contribution is 5.13. The maximum atomic E-state index is 13.1. The van der Waals surface area contributed by atoms with Crippen molar-refractivity contribution in [3.63, 3.8) is 0 Å². The number of halogens is 1. The fraction of sp³-hybridized carbons (Fsp3) is 0.792. The normalized spacial score (nSPS) is 30.4. The van der Waals surface area contributed by atoms with Gasteiger partial charge in [-0.15, -0.1) is 0 Å². The van der Waals surface area contributed by atoms with Gasteiger partial charge in [0.1, 0.15) is 6.07 Å². The summed E-state index contributed by atoms with van der Waals surface area (Å²) < 4.78 is 13.1. The monoisotopic (exact) mass is 359 g/mol. The van der Waals surface area contributed by atoms with E-state index < -0.39 is 5.83 Å². The van der Waals surface area contributed by atoms with Crippen LogP contribution in [0.3, 0.4) is 0 Å². The number of nitrogens with zero attached hydrogens (tertiary/aromatic N) is 1. The highest BCUT2D eigenvalue weighted by atomic mass is 19.1. The molecule has 0 saturated heterocycles. The van der Waals surface area contributed by atoms with E-state index in [1.54, 1.807) is 6.07 Å². The lowest BCUT2D eigenvalue weighted by Crippen LogP contribution is -2.14. The summed E-state index contributed by atoms with van der Waals surface area (Å²) in [6.07, 6.45) is 24.9. The molecule has 2 fully saturated rings. The minimum absolute atomic E-state index is 0.270. The van der Waals surface area contributed by atoms with Crippen LogP contribution >= 0.6 is 0 Å². The zero-order valence-electron chi connectivity index (χ0n) is 16.8. The van der Waals surface area contributed by atoms with Crippen molar-refractivity contribution in [2.24, 2.45) is 23.7 Å². The van der Waals surface area contributed by atoms with Crippen molar-refractivity contribution in [1.82, 2.24) is 0 Å². The molecule has 0 spiro atoms. The molecular weight excluding hydrogens is 321 g/mol. The fourth-order valence-corrected chi connectivity index (χ4v) is 4.77. The van der Waals surface area contributed by atoms with Crippen molar-refractivity contribution in [2.75, 3.05) is 0 Å². The number of rotatable bonds is 9. The molecule has 0 aliphatic heterocycles. The van der Waals surface area contributed by atoms with E-state index in [1.807, 2.05) is 0 Å². The first-order valence-corrected chi connectivity index (χ1v) is 11.2. The highest BCUT2D eigenvalue weighted by Gasteiger charge is 2.21. The van der Waals surface area contributed by atoms with Crippen LogP contribution in [0.1, 0.15) is 96.8 Å². The van der Waals surface area contributed by atoms with Crippen molar-refractivity contribution in [3.05, 3.63) is 24.1 Å². The quantitative estimate of drug-likeness (QED) is 0.233. The molecule has 2 aliphatic rings. The largest absolute Gasteiger partial charge is 0.196 e. The maximum absolute atomic E-state index is 13.1. The Morgan fingerprint density at radius 2 is 1.38 bits per heavy atom. The van der Waals surface area contributed by atoms with Gasteiger partial charge < -0.3 is 0 Å². The van der Waals surface area contributed by atoms with E-state index in [2.05, 4.69) is 19.1 Å². The first-order valence-electron chi connectivity index (χ1n) is 11.2. The first kappa shape index (κ1) is 21.2. The topological polar surface area (TPSA) is 23.8 Å². The van der Waals surface area contributed by atoms with Gasteiger partial charge in [-0.2, -0.15) is 9.65 Å². The number of nitriles is 1. The molecule has 0 atom stereocenters.